The van der Waals surface area contributed by atoms with Gasteiger partial charge in [-0.1, -0.05) is 127 Å². The number of hydrogen-bond acceptors (Lipinski definition) is 2. The summed E-state index contributed by atoms with van der Waals surface area (Å²) in [5, 5.41) is 13.2. The molecule has 0 heterocycles. The maximum Gasteiger partial charge on any atom is 0.274 e. The van der Waals surface area contributed by atoms with Crippen LogP contribution < -0.4 is 5.11 Å². The monoisotopic (exact) mass is 477 g/mol. The van der Waals surface area contributed by atoms with Gasteiger partial charge in [-0.05, 0) is 28.8 Å². The molecule has 3 nitrogen and oxygen atoms in total. The van der Waals surface area contributed by atoms with Crippen LogP contribution >= 0.6 is 0 Å². The molecule has 0 aromatic heterocycles. The fraction of sp³-hybridized carbons (Fsp3) is 0. The van der Waals surface area contributed by atoms with E-state index in [1.54, 1.807) is 12.1 Å². The van der Waals surface area contributed by atoms with Crippen LogP contribution in [0, 0.1) is 0 Å². The summed E-state index contributed by atoms with van der Waals surface area (Å²) in [5.74, 6) is 0.0948. The number of nitrogens with zero attached hydrogens (tertiary/aromatic N) is 1. The summed E-state index contributed by atoms with van der Waals surface area (Å²) >= 11 is 0. The Morgan fingerprint density at radius 3 is 1.49 bits per heavy atom. The molecule has 1 aliphatic rings. The van der Waals surface area contributed by atoms with Crippen molar-refractivity contribution >= 4 is 22.9 Å². The first-order valence-corrected chi connectivity index (χ1v) is 12.2. The molecule has 0 atom stereocenters. The Hall–Kier alpha value is -5.11. The first kappa shape index (κ1) is 22.4. The zero-order valence-corrected chi connectivity index (χ0v) is 20.0. The first-order chi connectivity index (χ1) is 18.3. The zero-order chi connectivity index (χ0) is 25.0. The highest BCUT2D eigenvalue weighted by atomic mass is 16.7. The summed E-state index contributed by atoms with van der Waals surface area (Å²) in [6.07, 6.45) is 0. The van der Waals surface area contributed by atoms with Crippen LogP contribution in [-0.2, 0) is 4.84 Å². The summed E-state index contributed by atoms with van der Waals surface area (Å²) in [5.41, 5.74) is 10.5. The van der Waals surface area contributed by atoms with E-state index >= 15 is 0 Å². The third-order valence-corrected chi connectivity index (χ3v) is 6.33. The van der Waals surface area contributed by atoms with Gasteiger partial charge in [-0.3, -0.25) is 0 Å². The molecule has 0 spiro atoms. The van der Waals surface area contributed by atoms with Gasteiger partial charge < -0.3 is 5.11 Å². The highest BCUT2D eigenvalue weighted by molar-refractivity contribution is 6.22. The molecule has 0 N–H and O–H groups in total. The summed E-state index contributed by atoms with van der Waals surface area (Å²) in [6.45, 7) is 0. The average Bonchev–Trinajstić information content (AvgIpc) is 3.31. The molecule has 0 amide bonds. The van der Waals surface area contributed by atoms with Gasteiger partial charge >= 0.3 is 0 Å². The van der Waals surface area contributed by atoms with Crippen molar-refractivity contribution in [2.75, 3.05) is 0 Å². The Morgan fingerprint density at radius 1 is 0.514 bits per heavy atom. The first-order valence-electron chi connectivity index (χ1n) is 12.2. The van der Waals surface area contributed by atoms with E-state index in [0.717, 1.165) is 39.2 Å². The molecule has 0 unspecified atom stereocenters. The van der Waals surface area contributed by atoms with E-state index < -0.39 is 0 Å². The molecule has 0 saturated carbocycles. The predicted octanol–water partition coefficient (Wildman–Crippen LogP) is 6.82. The topological polar surface area (TPSA) is 35.3 Å². The second-order valence-electron chi connectivity index (χ2n) is 8.68. The fourth-order valence-corrected chi connectivity index (χ4v) is 4.60. The molecule has 5 aromatic carbocycles. The fourth-order valence-electron chi connectivity index (χ4n) is 4.60. The van der Waals surface area contributed by atoms with Gasteiger partial charge in [0.1, 0.15) is 0 Å². The number of rotatable bonds is 5. The van der Waals surface area contributed by atoms with Crippen molar-refractivity contribution in [3.63, 3.8) is 0 Å². The molecule has 5 aromatic rings. The molecule has 176 valence electrons. The Kier molecular flexibility index (Phi) is 5.96. The number of benzene rings is 5. The van der Waals surface area contributed by atoms with Crippen molar-refractivity contribution in [1.29, 1.82) is 0 Å². The van der Waals surface area contributed by atoms with Crippen LogP contribution in [0.25, 0.3) is 22.6 Å². The largest absolute Gasteiger partial charge is 0.866 e. The van der Waals surface area contributed by atoms with Crippen LogP contribution in [0.3, 0.4) is 0 Å². The zero-order valence-electron chi connectivity index (χ0n) is 20.0. The third kappa shape index (κ3) is 4.36. The quantitative estimate of drug-likeness (QED) is 0.118. The lowest BCUT2D eigenvalue weighted by molar-refractivity contribution is -0.699. The Balaban J connectivity index is 1.63. The van der Waals surface area contributed by atoms with Crippen molar-refractivity contribution in [3.8, 4) is 11.1 Å². The number of hydrogen-bond donors (Lipinski definition) is 0. The Labute approximate surface area is 216 Å². The van der Waals surface area contributed by atoms with Crippen LogP contribution in [-0.4, -0.2) is 10.5 Å². The molecule has 6 rings (SSSR count). The summed E-state index contributed by atoms with van der Waals surface area (Å²) in [4.78, 5) is 6.69. The van der Waals surface area contributed by atoms with Crippen LogP contribution in [0.4, 0.5) is 5.69 Å². The Bertz CT molecular complexity index is 1620. The van der Waals surface area contributed by atoms with E-state index in [9.17, 15) is 5.11 Å². The van der Waals surface area contributed by atoms with Gasteiger partial charge in [0.25, 0.3) is 17.2 Å². The molecular weight excluding hydrogens is 454 g/mol. The third-order valence-electron chi connectivity index (χ3n) is 6.33. The molecular formula is C34H23NO2. The molecule has 0 fully saturated rings. The lowest BCUT2D eigenvalue weighted by Gasteiger charge is -2.11. The summed E-state index contributed by atoms with van der Waals surface area (Å²) in [7, 11) is 0. The van der Waals surface area contributed by atoms with Crippen molar-refractivity contribution < 1.29 is 14.7 Å². The van der Waals surface area contributed by atoms with Gasteiger partial charge in [-0.15, -0.1) is 0 Å². The lowest BCUT2D eigenvalue weighted by Crippen LogP contribution is -2.18. The molecule has 0 bridgehead atoms. The SMILES string of the molecule is [O-]C(=C=C(O[N+](=C1c2ccccc2-c2ccccc21)c1ccccc1)c1ccccc1)c1ccccc1. The molecule has 0 aliphatic heterocycles. The molecule has 0 radical (unpaired) electrons. The van der Waals surface area contributed by atoms with Crippen molar-refractivity contribution in [2.45, 2.75) is 0 Å². The van der Waals surface area contributed by atoms with Gasteiger partial charge in [-0.2, -0.15) is 0 Å². The Morgan fingerprint density at radius 2 is 0.946 bits per heavy atom. The van der Waals surface area contributed by atoms with Gasteiger partial charge in [-0.25, -0.2) is 4.84 Å². The maximum atomic E-state index is 13.2. The molecule has 3 heteroatoms. The van der Waals surface area contributed by atoms with Gasteiger partial charge in [0.15, 0.2) is 0 Å². The van der Waals surface area contributed by atoms with E-state index in [1.807, 2.05) is 108 Å². The van der Waals surface area contributed by atoms with Crippen LogP contribution in [0.15, 0.2) is 145 Å². The van der Waals surface area contributed by atoms with Gasteiger partial charge in [0.2, 0.25) is 0 Å². The smallest absolute Gasteiger partial charge is 0.274 e. The highest BCUT2D eigenvalue weighted by Gasteiger charge is 2.35. The van der Waals surface area contributed by atoms with Gasteiger partial charge in [0, 0.05) is 22.4 Å². The second-order valence-corrected chi connectivity index (χ2v) is 8.68. The van der Waals surface area contributed by atoms with Crippen LogP contribution in [0.2, 0.25) is 0 Å². The van der Waals surface area contributed by atoms with E-state index in [2.05, 4.69) is 30.0 Å². The minimum absolute atomic E-state index is 0.246. The minimum Gasteiger partial charge on any atom is -0.866 e. The second kappa shape index (κ2) is 9.87. The van der Waals surface area contributed by atoms with Crippen molar-refractivity contribution in [2.24, 2.45) is 0 Å². The summed E-state index contributed by atoms with van der Waals surface area (Å²) < 4.78 is 1.82. The number of fused-ring (bicyclic) bond motifs is 3. The van der Waals surface area contributed by atoms with E-state index in [4.69, 9.17) is 4.84 Å². The van der Waals surface area contributed by atoms with Crippen LogP contribution in [0.1, 0.15) is 22.3 Å². The number of para-hydroxylation sites is 1. The average molecular weight is 478 g/mol. The van der Waals surface area contributed by atoms with Crippen molar-refractivity contribution in [1.82, 2.24) is 0 Å². The predicted molar refractivity (Wildman–Crippen MR) is 146 cm³/mol. The maximum absolute atomic E-state index is 13.2. The minimum atomic E-state index is -0.246. The standard InChI is InChI=1S/C34H23NO2/c36-32(25-14-4-1-5-15-25)24-33(26-16-6-2-7-17-26)37-35(27-18-8-3-9-19-27)34-30-22-12-10-20-28(30)29-21-11-13-23-31(29)34/h1-23H. The van der Waals surface area contributed by atoms with E-state index in [0.29, 0.717) is 11.3 Å². The summed E-state index contributed by atoms with van der Waals surface area (Å²) in [6, 6.07) is 45.3. The van der Waals surface area contributed by atoms with Crippen LogP contribution in [0.5, 0.6) is 0 Å². The lowest BCUT2D eigenvalue weighted by atomic mass is 10.1. The molecule has 37 heavy (non-hydrogen) atoms. The van der Waals surface area contributed by atoms with E-state index in [1.165, 1.54) is 0 Å². The normalized spacial score (nSPS) is 11.2. The van der Waals surface area contributed by atoms with Crippen molar-refractivity contribution in [3.05, 3.63) is 168 Å². The highest BCUT2D eigenvalue weighted by Crippen LogP contribution is 2.38. The molecule has 0 saturated heterocycles. The van der Waals surface area contributed by atoms with Gasteiger partial charge in [0.05, 0.1) is 11.1 Å². The van der Waals surface area contributed by atoms with E-state index in [-0.39, 0.29) is 5.76 Å². The molecule has 1 aliphatic carbocycles.